The zero-order valence-electron chi connectivity index (χ0n) is 15.4. The number of carbonyl (C=O) groups is 1. The van der Waals surface area contributed by atoms with Gasteiger partial charge in [-0.25, -0.2) is 9.37 Å². The number of aromatic hydroxyl groups is 1. The molecule has 9 heteroatoms. The lowest BCUT2D eigenvalue weighted by Gasteiger charge is -2.44. The standard InChI is InChI=1S/C19H21FN4O4/c1-21-13-9-12(20)4-3-11(13)10-22-16(26)14-15(25)17(27)24-7-8-28-19(5-2-6-19)18(24)23-14/h3-4,9,21,25H,2,5-8,10H2,1H3,(H,22,26). The van der Waals surface area contributed by atoms with Crippen molar-refractivity contribution in [3.8, 4) is 5.75 Å². The monoisotopic (exact) mass is 388 g/mol. The summed E-state index contributed by atoms with van der Waals surface area (Å²) in [5.41, 5.74) is -0.408. The molecule has 28 heavy (non-hydrogen) atoms. The van der Waals surface area contributed by atoms with Gasteiger partial charge in [-0.15, -0.1) is 0 Å². The molecule has 1 aliphatic heterocycles. The fourth-order valence-corrected chi connectivity index (χ4v) is 3.72. The van der Waals surface area contributed by atoms with E-state index in [0.29, 0.717) is 30.2 Å². The van der Waals surface area contributed by atoms with Crippen LogP contribution in [0.2, 0.25) is 0 Å². The first-order chi connectivity index (χ1) is 13.4. The fraction of sp³-hybridized carbons (Fsp3) is 0.421. The van der Waals surface area contributed by atoms with Crippen molar-refractivity contribution >= 4 is 11.6 Å². The minimum Gasteiger partial charge on any atom is -0.501 e. The second-order valence-corrected chi connectivity index (χ2v) is 7.02. The SMILES string of the molecule is CNc1cc(F)ccc1CNC(=O)c1nc2n(c(=O)c1O)CCOC21CCC1. The Hall–Kier alpha value is -2.94. The second kappa shape index (κ2) is 6.90. The minimum atomic E-state index is -0.676. The lowest BCUT2D eigenvalue weighted by Crippen LogP contribution is -2.49. The van der Waals surface area contributed by atoms with Gasteiger partial charge in [-0.05, 0) is 37.0 Å². The van der Waals surface area contributed by atoms with Gasteiger partial charge in [-0.3, -0.25) is 14.2 Å². The molecule has 3 N–H and O–H groups in total. The van der Waals surface area contributed by atoms with E-state index in [4.69, 9.17) is 4.74 Å². The Balaban J connectivity index is 1.63. The highest BCUT2D eigenvalue weighted by molar-refractivity contribution is 5.94. The van der Waals surface area contributed by atoms with Gasteiger partial charge in [0.2, 0.25) is 5.75 Å². The van der Waals surface area contributed by atoms with Crippen molar-refractivity contribution in [2.24, 2.45) is 0 Å². The molecule has 1 fully saturated rings. The van der Waals surface area contributed by atoms with Crippen molar-refractivity contribution in [2.45, 2.75) is 38.0 Å². The van der Waals surface area contributed by atoms with E-state index in [0.717, 1.165) is 19.3 Å². The van der Waals surface area contributed by atoms with E-state index >= 15 is 0 Å². The summed E-state index contributed by atoms with van der Waals surface area (Å²) in [5.74, 6) is -1.35. The molecule has 148 valence electrons. The number of amides is 1. The molecule has 1 spiro atoms. The highest BCUT2D eigenvalue weighted by Crippen LogP contribution is 2.45. The van der Waals surface area contributed by atoms with Crippen LogP contribution in [0.3, 0.4) is 0 Å². The van der Waals surface area contributed by atoms with Gasteiger partial charge >= 0.3 is 0 Å². The quantitative estimate of drug-likeness (QED) is 0.733. The van der Waals surface area contributed by atoms with Crippen LogP contribution in [0.15, 0.2) is 23.0 Å². The first-order valence-electron chi connectivity index (χ1n) is 9.18. The number of rotatable bonds is 4. The number of carbonyl (C=O) groups excluding carboxylic acids is 1. The smallest absolute Gasteiger partial charge is 0.296 e. The molecule has 2 aliphatic rings. The molecule has 0 unspecified atom stereocenters. The summed E-state index contributed by atoms with van der Waals surface area (Å²) in [5, 5.41) is 15.8. The van der Waals surface area contributed by atoms with Gasteiger partial charge in [0, 0.05) is 19.3 Å². The maximum atomic E-state index is 13.3. The van der Waals surface area contributed by atoms with E-state index in [1.807, 2.05) is 0 Å². The van der Waals surface area contributed by atoms with Gasteiger partial charge in [-0.1, -0.05) is 6.07 Å². The molecule has 4 rings (SSSR count). The summed E-state index contributed by atoms with van der Waals surface area (Å²) in [6.07, 6.45) is 2.41. The zero-order chi connectivity index (χ0) is 19.9. The molecule has 0 atom stereocenters. The molecule has 1 aromatic heterocycles. The van der Waals surface area contributed by atoms with Gasteiger partial charge < -0.3 is 20.5 Å². The summed E-state index contributed by atoms with van der Waals surface area (Å²) in [4.78, 5) is 29.5. The Bertz CT molecular complexity index is 1000. The fourth-order valence-electron chi connectivity index (χ4n) is 3.72. The van der Waals surface area contributed by atoms with Gasteiger partial charge in [0.25, 0.3) is 11.5 Å². The first kappa shape index (κ1) is 18.4. The maximum Gasteiger partial charge on any atom is 0.296 e. The Labute approximate surface area is 160 Å². The van der Waals surface area contributed by atoms with Crippen LogP contribution in [0, 0.1) is 5.82 Å². The molecule has 1 aliphatic carbocycles. The van der Waals surface area contributed by atoms with E-state index in [1.54, 1.807) is 13.1 Å². The van der Waals surface area contributed by atoms with E-state index in [1.165, 1.54) is 16.7 Å². The molecule has 2 heterocycles. The maximum absolute atomic E-state index is 13.3. The largest absolute Gasteiger partial charge is 0.501 e. The van der Waals surface area contributed by atoms with Gasteiger partial charge in [-0.2, -0.15) is 0 Å². The number of hydrogen-bond donors (Lipinski definition) is 3. The Morgan fingerprint density at radius 3 is 2.89 bits per heavy atom. The number of hydrogen-bond acceptors (Lipinski definition) is 6. The van der Waals surface area contributed by atoms with Gasteiger partial charge in [0.1, 0.15) is 17.2 Å². The molecular weight excluding hydrogens is 367 g/mol. The Morgan fingerprint density at radius 2 is 2.21 bits per heavy atom. The van der Waals surface area contributed by atoms with E-state index < -0.39 is 28.6 Å². The molecule has 1 aromatic carbocycles. The topological polar surface area (TPSA) is 105 Å². The molecule has 1 saturated carbocycles. The normalized spacial score (nSPS) is 16.9. The van der Waals surface area contributed by atoms with Crippen molar-refractivity contribution in [1.82, 2.24) is 14.9 Å². The third kappa shape index (κ3) is 2.91. The minimum absolute atomic E-state index is 0.0798. The highest BCUT2D eigenvalue weighted by Gasteiger charge is 2.46. The number of nitrogens with one attached hydrogen (secondary N) is 2. The van der Waals surface area contributed by atoms with Crippen molar-refractivity contribution in [3.63, 3.8) is 0 Å². The van der Waals surface area contributed by atoms with Crippen LogP contribution in [-0.4, -0.2) is 34.2 Å². The zero-order valence-corrected chi connectivity index (χ0v) is 15.4. The first-order valence-corrected chi connectivity index (χ1v) is 9.18. The average molecular weight is 388 g/mol. The number of aromatic nitrogens is 2. The van der Waals surface area contributed by atoms with E-state index in [-0.39, 0.29) is 12.2 Å². The highest BCUT2D eigenvalue weighted by atomic mass is 19.1. The van der Waals surface area contributed by atoms with E-state index in [2.05, 4.69) is 15.6 Å². The molecule has 1 amide bonds. The van der Waals surface area contributed by atoms with Crippen molar-refractivity contribution < 1.29 is 19.0 Å². The molecule has 8 nitrogen and oxygen atoms in total. The average Bonchev–Trinajstić information content (AvgIpc) is 2.67. The summed E-state index contributed by atoms with van der Waals surface area (Å²) in [6.45, 7) is 0.743. The van der Waals surface area contributed by atoms with Crippen LogP contribution in [0.4, 0.5) is 10.1 Å². The van der Waals surface area contributed by atoms with Crippen molar-refractivity contribution in [2.75, 3.05) is 19.0 Å². The number of benzene rings is 1. The lowest BCUT2D eigenvalue weighted by molar-refractivity contribution is -0.134. The predicted octanol–water partition coefficient (Wildman–Crippen LogP) is 1.47. The van der Waals surface area contributed by atoms with Crippen LogP contribution in [0.25, 0.3) is 0 Å². The van der Waals surface area contributed by atoms with Gasteiger partial charge in [0.15, 0.2) is 5.69 Å². The third-order valence-electron chi connectivity index (χ3n) is 5.40. The molecule has 0 radical (unpaired) electrons. The number of anilines is 1. The molecule has 0 bridgehead atoms. The summed E-state index contributed by atoms with van der Waals surface area (Å²) in [7, 11) is 1.65. The number of nitrogens with zero attached hydrogens (tertiary/aromatic N) is 2. The summed E-state index contributed by atoms with van der Waals surface area (Å²) >= 11 is 0. The summed E-state index contributed by atoms with van der Waals surface area (Å²) in [6, 6.07) is 4.16. The summed E-state index contributed by atoms with van der Waals surface area (Å²) < 4.78 is 20.6. The number of fused-ring (bicyclic) bond motifs is 2. The second-order valence-electron chi connectivity index (χ2n) is 7.02. The Kier molecular flexibility index (Phi) is 4.54. The van der Waals surface area contributed by atoms with Crippen LogP contribution in [-0.2, 0) is 23.4 Å². The molecule has 2 aromatic rings. The van der Waals surface area contributed by atoms with Crippen LogP contribution >= 0.6 is 0 Å². The van der Waals surface area contributed by atoms with Crippen LogP contribution in [0.5, 0.6) is 5.75 Å². The van der Waals surface area contributed by atoms with Crippen LogP contribution < -0.4 is 16.2 Å². The number of ether oxygens (including phenoxy) is 1. The lowest BCUT2D eigenvalue weighted by atomic mass is 9.78. The van der Waals surface area contributed by atoms with E-state index in [9.17, 15) is 19.1 Å². The van der Waals surface area contributed by atoms with Crippen LogP contribution in [0.1, 0.15) is 41.1 Å². The van der Waals surface area contributed by atoms with Crippen molar-refractivity contribution in [3.05, 3.63) is 51.5 Å². The number of halogens is 1. The predicted molar refractivity (Wildman–Crippen MR) is 98.8 cm³/mol. The molecular formula is C19H21FN4O4. The molecule has 0 saturated heterocycles. The Morgan fingerprint density at radius 1 is 1.43 bits per heavy atom. The third-order valence-corrected chi connectivity index (χ3v) is 5.40. The van der Waals surface area contributed by atoms with Gasteiger partial charge in [0.05, 0.1) is 13.2 Å². The van der Waals surface area contributed by atoms with Crippen molar-refractivity contribution in [1.29, 1.82) is 0 Å².